The summed E-state index contributed by atoms with van der Waals surface area (Å²) < 4.78 is 0. The van der Waals surface area contributed by atoms with Crippen LogP contribution >= 0.6 is 11.8 Å². The van der Waals surface area contributed by atoms with Crippen LogP contribution in [-0.2, 0) is 4.79 Å². The molecule has 88 valence electrons. The van der Waals surface area contributed by atoms with E-state index in [0.717, 1.165) is 12.2 Å². The van der Waals surface area contributed by atoms with Crippen LogP contribution in [0.2, 0.25) is 0 Å². The molecule has 0 saturated carbocycles. The van der Waals surface area contributed by atoms with Crippen molar-refractivity contribution in [2.45, 2.75) is 25.8 Å². The molecule has 1 unspecified atom stereocenters. The molecular weight excluding hydrogens is 216 g/mol. The minimum atomic E-state index is -0.911. The van der Waals surface area contributed by atoms with E-state index in [-0.39, 0.29) is 25.0 Å². The smallest absolute Gasteiger partial charge is 0.315 e. The molecule has 3 N–H and O–H groups in total. The van der Waals surface area contributed by atoms with Gasteiger partial charge in [0.2, 0.25) is 0 Å². The predicted octanol–water partition coefficient (Wildman–Crippen LogP) is 0.902. The van der Waals surface area contributed by atoms with E-state index in [1.54, 1.807) is 11.8 Å². The van der Waals surface area contributed by atoms with Crippen LogP contribution < -0.4 is 10.6 Å². The first-order valence-corrected chi connectivity index (χ1v) is 6.24. The van der Waals surface area contributed by atoms with E-state index >= 15 is 0 Å². The average molecular weight is 234 g/mol. The van der Waals surface area contributed by atoms with Crippen LogP contribution in [0.4, 0.5) is 4.79 Å². The molecule has 0 aliphatic carbocycles. The van der Waals surface area contributed by atoms with Crippen molar-refractivity contribution in [3.63, 3.8) is 0 Å². The van der Waals surface area contributed by atoms with Crippen LogP contribution in [0.1, 0.15) is 19.8 Å². The van der Waals surface area contributed by atoms with Crippen molar-refractivity contribution < 1.29 is 14.7 Å². The van der Waals surface area contributed by atoms with Gasteiger partial charge in [0.25, 0.3) is 0 Å². The number of urea groups is 1. The summed E-state index contributed by atoms with van der Waals surface area (Å²) in [6, 6.07) is -0.151. The van der Waals surface area contributed by atoms with Gasteiger partial charge in [0.1, 0.15) is 0 Å². The Kier molecular flexibility index (Phi) is 7.89. The second kappa shape index (κ2) is 8.40. The van der Waals surface area contributed by atoms with Gasteiger partial charge in [-0.3, -0.25) is 4.79 Å². The molecule has 0 rings (SSSR count). The Labute approximate surface area is 94.0 Å². The van der Waals surface area contributed by atoms with E-state index in [0.29, 0.717) is 0 Å². The van der Waals surface area contributed by atoms with Crippen LogP contribution in [0, 0.1) is 0 Å². The van der Waals surface area contributed by atoms with E-state index in [2.05, 4.69) is 10.6 Å². The van der Waals surface area contributed by atoms with Crippen LogP contribution in [0.15, 0.2) is 0 Å². The Balaban J connectivity index is 3.66. The molecule has 6 heteroatoms. The van der Waals surface area contributed by atoms with Gasteiger partial charge in [-0.25, -0.2) is 4.79 Å². The summed E-state index contributed by atoms with van der Waals surface area (Å²) in [5.74, 6) is -0.0468. The molecule has 5 nitrogen and oxygen atoms in total. The summed E-state index contributed by atoms with van der Waals surface area (Å²) >= 11 is 1.67. The molecule has 0 aromatic heterocycles. The molecule has 0 heterocycles. The van der Waals surface area contributed by atoms with Crippen molar-refractivity contribution in [2.75, 3.05) is 18.6 Å². The number of rotatable bonds is 7. The van der Waals surface area contributed by atoms with Gasteiger partial charge in [0.15, 0.2) is 0 Å². The van der Waals surface area contributed by atoms with Crippen molar-refractivity contribution in [2.24, 2.45) is 0 Å². The molecule has 15 heavy (non-hydrogen) atoms. The molecule has 0 spiro atoms. The minimum Gasteiger partial charge on any atom is -0.481 e. The number of carbonyl (C=O) groups excluding carboxylic acids is 1. The predicted molar refractivity (Wildman–Crippen MR) is 61.2 cm³/mol. The van der Waals surface area contributed by atoms with Gasteiger partial charge in [-0.2, -0.15) is 11.8 Å². The number of carboxylic acid groups (broad SMARTS) is 1. The number of hydrogen-bond acceptors (Lipinski definition) is 3. The van der Waals surface area contributed by atoms with Gasteiger partial charge >= 0.3 is 12.0 Å². The molecule has 0 aliphatic heterocycles. The van der Waals surface area contributed by atoms with E-state index < -0.39 is 5.97 Å². The second-order valence-corrected chi connectivity index (χ2v) is 4.02. The Bertz CT molecular complexity index is 212. The number of carboxylic acids is 1. The zero-order chi connectivity index (χ0) is 11.7. The largest absolute Gasteiger partial charge is 0.481 e. The number of amides is 2. The second-order valence-electron chi connectivity index (χ2n) is 3.10. The monoisotopic (exact) mass is 234 g/mol. The summed E-state index contributed by atoms with van der Waals surface area (Å²) in [5, 5.41) is 13.6. The van der Waals surface area contributed by atoms with Gasteiger partial charge in [0, 0.05) is 18.3 Å². The fourth-order valence-corrected chi connectivity index (χ4v) is 1.70. The highest BCUT2D eigenvalue weighted by Crippen LogP contribution is 2.00. The molecule has 0 aromatic carbocycles. The lowest BCUT2D eigenvalue weighted by molar-refractivity contribution is -0.136. The molecule has 0 bridgehead atoms. The highest BCUT2D eigenvalue weighted by molar-refractivity contribution is 7.98. The third-order valence-corrected chi connectivity index (χ3v) is 2.56. The average Bonchev–Trinajstić information content (AvgIpc) is 2.16. The highest BCUT2D eigenvalue weighted by Gasteiger charge is 2.09. The van der Waals surface area contributed by atoms with Crippen molar-refractivity contribution in [3.05, 3.63) is 0 Å². The lowest BCUT2D eigenvalue weighted by Gasteiger charge is -2.15. The Morgan fingerprint density at radius 1 is 1.47 bits per heavy atom. The van der Waals surface area contributed by atoms with Crippen LogP contribution in [0.25, 0.3) is 0 Å². The van der Waals surface area contributed by atoms with E-state index in [1.807, 2.05) is 13.2 Å². The molecule has 0 aromatic rings. The SMILES string of the molecule is CCC(CSC)NC(=O)NCCC(=O)O. The Morgan fingerprint density at radius 3 is 2.60 bits per heavy atom. The summed E-state index contributed by atoms with van der Waals surface area (Å²) in [7, 11) is 0. The fraction of sp³-hybridized carbons (Fsp3) is 0.778. The minimum absolute atomic E-state index is 0.0489. The number of nitrogens with one attached hydrogen (secondary N) is 2. The normalized spacial score (nSPS) is 11.9. The van der Waals surface area contributed by atoms with E-state index in [9.17, 15) is 9.59 Å². The van der Waals surface area contributed by atoms with Crippen molar-refractivity contribution in [1.82, 2.24) is 10.6 Å². The van der Waals surface area contributed by atoms with Gasteiger partial charge in [-0.1, -0.05) is 6.92 Å². The number of hydrogen-bond donors (Lipinski definition) is 3. The summed E-state index contributed by atoms with van der Waals surface area (Å²) in [5.41, 5.74) is 0. The summed E-state index contributed by atoms with van der Waals surface area (Å²) in [6.45, 7) is 2.16. The fourth-order valence-electron chi connectivity index (χ4n) is 0.982. The van der Waals surface area contributed by atoms with Crippen LogP contribution in [-0.4, -0.2) is 41.7 Å². The van der Waals surface area contributed by atoms with Crippen LogP contribution in [0.3, 0.4) is 0 Å². The molecule has 0 radical (unpaired) electrons. The first kappa shape index (κ1) is 14.1. The first-order valence-electron chi connectivity index (χ1n) is 4.85. The van der Waals surface area contributed by atoms with E-state index in [4.69, 9.17) is 5.11 Å². The lowest BCUT2D eigenvalue weighted by Crippen LogP contribution is -2.43. The van der Waals surface area contributed by atoms with Crippen molar-refractivity contribution >= 4 is 23.8 Å². The number of carbonyl (C=O) groups is 2. The molecule has 2 amide bonds. The maximum atomic E-state index is 11.2. The number of thioether (sulfide) groups is 1. The highest BCUT2D eigenvalue weighted by atomic mass is 32.2. The molecular formula is C9H18N2O3S. The third kappa shape index (κ3) is 8.11. The maximum Gasteiger partial charge on any atom is 0.315 e. The van der Waals surface area contributed by atoms with Gasteiger partial charge in [0.05, 0.1) is 6.42 Å². The Morgan fingerprint density at radius 2 is 2.13 bits per heavy atom. The molecule has 0 fully saturated rings. The quantitative estimate of drug-likeness (QED) is 0.611. The molecule has 1 atom stereocenters. The van der Waals surface area contributed by atoms with Gasteiger partial charge < -0.3 is 15.7 Å². The third-order valence-electron chi connectivity index (χ3n) is 1.82. The van der Waals surface area contributed by atoms with Crippen molar-refractivity contribution in [1.29, 1.82) is 0 Å². The topological polar surface area (TPSA) is 78.4 Å². The van der Waals surface area contributed by atoms with Gasteiger partial charge in [-0.05, 0) is 12.7 Å². The molecule has 0 aliphatic rings. The zero-order valence-electron chi connectivity index (χ0n) is 9.08. The standard InChI is InChI=1S/C9H18N2O3S/c1-3-7(6-15-2)11-9(14)10-5-4-8(12)13/h7H,3-6H2,1-2H3,(H,12,13)(H2,10,11,14). The van der Waals surface area contributed by atoms with Crippen LogP contribution in [0.5, 0.6) is 0 Å². The summed E-state index contributed by atoms with van der Waals surface area (Å²) in [6.07, 6.45) is 2.80. The first-order chi connectivity index (χ1) is 7.10. The van der Waals surface area contributed by atoms with Crippen molar-refractivity contribution in [3.8, 4) is 0 Å². The maximum absolute atomic E-state index is 11.2. The molecule has 0 saturated heterocycles. The van der Waals surface area contributed by atoms with Gasteiger partial charge in [-0.15, -0.1) is 0 Å². The zero-order valence-corrected chi connectivity index (χ0v) is 9.89. The van der Waals surface area contributed by atoms with E-state index in [1.165, 1.54) is 0 Å². The summed E-state index contributed by atoms with van der Waals surface area (Å²) in [4.78, 5) is 21.4. The lowest BCUT2D eigenvalue weighted by atomic mass is 10.3. The number of aliphatic carboxylic acids is 1. The Hall–Kier alpha value is -0.910.